The summed E-state index contributed by atoms with van der Waals surface area (Å²) in [5.74, 6) is 0.185. The van der Waals surface area contributed by atoms with Gasteiger partial charge < -0.3 is 20.3 Å². The summed E-state index contributed by atoms with van der Waals surface area (Å²) in [6, 6.07) is 2.66. The lowest BCUT2D eigenvalue weighted by atomic mass is 10.0. The van der Waals surface area contributed by atoms with Gasteiger partial charge in [0.05, 0.1) is 13.2 Å². The Bertz CT molecular complexity index is 515. The largest absolute Gasteiger partial charge is 0.493 e. The minimum atomic E-state index is -1.03. The fourth-order valence-electron chi connectivity index (χ4n) is 2.54. The van der Waals surface area contributed by atoms with Crippen molar-refractivity contribution in [2.75, 3.05) is 7.11 Å². The van der Waals surface area contributed by atoms with Crippen LogP contribution in [0.1, 0.15) is 31.2 Å². The van der Waals surface area contributed by atoms with Crippen molar-refractivity contribution in [1.82, 2.24) is 0 Å². The molecule has 0 radical (unpaired) electrons. The van der Waals surface area contributed by atoms with Crippen molar-refractivity contribution in [3.8, 4) is 11.5 Å². The summed E-state index contributed by atoms with van der Waals surface area (Å²) in [6.45, 7) is 0. The van der Waals surface area contributed by atoms with Gasteiger partial charge in [0, 0.05) is 16.5 Å². The standard InChI is InChI=1S/C15H20BrNO4/c1-20-13-7-6-11(16)10(8-12(17)15(18)19)14(13)21-9-4-2-3-5-9/h6-7,9,12H,2-5,8,17H2,1H3,(H,18,19). The van der Waals surface area contributed by atoms with Crippen LogP contribution in [0.2, 0.25) is 0 Å². The van der Waals surface area contributed by atoms with E-state index < -0.39 is 12.0 Å². The van der Waals surface area contributed by atoms with Gasteiger partial charge in [-0.2, -0.15) is 0 Å². The molecule has 3 N–H and O–H groups in total. The summed E-state index contributed by atoms with van der Waals surface area (Å²) in [4.78, 5) is 11.0. The number of rotatable bonds is 6. The Balaban J connectivity index is 2.32. The number of ether oxygens (including phenoxy) is 2. The number of carbonyl (C=O) groups is 1. The molecule has 0 spiro atoms. The Labute approximate surface area is 132 Å². The van der Waals surface area contributed by atoms with Crippen molar-refractivity contribution in [2.24, 2.45) is 5.73 Å². The molecule has 1 aromatic carbocycles. The van der Waals surface area contributed by atoms with E-state index >= 15 is 0 Å². The SMILES string of the molecule is COc1ccc(Br)c(CC(N)C(=O)O)c1OC1CCCC1. The first-order valence-corrected chi connectivity index (χ1v) is 7.82. The van der Waals surface area contributed by atoms with Gasteiger partial charge in [-0.3, -0.25) is 4.79 Å². The third-order valence-electron chi connectivity index (χ3n) is 3.72. The molecule has 0 heterocycles. The zero-order valence-corrected chi connectivity index (χ0v) is 13.6. The van der Waals surface area contributed by atoms with Crippen LogP contribution in [0.15, 0.2) is 16.6 Å². The lowest BCUT2D eigenvalue weighted by molar-refractivity contribution is -0.138. The van der Waals surface area contributed by atoms with Crippen molar-refractivity contribution < 1.29 is 19.4 Å². The average Bonchev–Trinajstić information content (AvgIpc) is 2.95. The minimum absolute atomic E-state index is 0.160. The highest BCUT2D eigenvalue weighted by Gasteiger charge is 2.24. The van der Waals surface area contributed by atoms with E-state index in [-0.39, 0.29) is 12.5 Å². The predicted molar refractivity (Wildman–Crippen MR) is 82.9 cm³/mol. The third kappa shape index (κ3) is 3.89. The van der Waals surface area contributed by atoms with E-state index in [4.69, 9.17) is 20.3 Å². The van der Waals surface area contributed by atoms with Crippen LogP contribution in [0.5, 0.6) is 11.5 Å². The summed E-state index contributed by atoms with van der Waals surface area (Å²) in [6.07, 6.45) is 4.69. The number of benzene rings is 1. The summed E-state index contributed by atoms with van der Waals surface area (Å²) in [5, 5.41) is 9.02. The second-order valence-electron chi connectivity index (χ2n) is 5.23. The number of aliphatic carboxylic acids is 1. The van der Waals surface area contributed by atoms with E-state index in [1.807, 2.05) is 12.1 Å². The zero-order chi connectivity index (χ0) is 15.4. The van der Waals surface area contributed by atoms with Crippen LogP contribution in [0.4, 0.5) is 0 Å². The van der Waals surface area contributed by atoms with Gasteiger partial charge in [0.15, 0.2) is 11.5 Å². The fraction of sp³-hybridized carbons (Fsp3) is 0.533. The van der Waals surface area contributed by atoms with Crippen LogP contribution in [0.25, 0.3) is 0 Å². The molecule has 0 amide bonds. The van der Waals surface area contributed by atoms with Crippen LogP contribution in [-0.2, 0) is 11.2 Å². The molecule has 1 atom stereocenters. The van der Waals surface area contributed by atoms with Crippen LogP contribution < -0.4 is 15.2 Å². The van der Waals surface area contributed by atoms with Gasteiger partial charge in [-0.15, -0.1) is 0 Å². The number of carboxylic acids is 1. The number of carboxylic acid groups (broad SMARTS) is 1. The topological polar surface area (TPSA) is 81.8 Å². The van der Waals surface area contributed by atoms with Crippen molar-refractivity contribution in [3.63, 3.8) is 0 Å². The van der Waals surface area contributed by atoms with E-state index in [0.29, 0.717) is 11.5 Å². The Kier molecular flexibility index (Phi) is 5.47. The van der Waals surface area contributed by atoms with Crippen LogP contribution in [-0.4, -0.2) is 30.3 Å². The molecule has 5 nitrogen and oxygen atoms in total. The fourth-order valence-corrected chi connectivity index (χ4v) is 3.02. The second-order valence-corrected chi connectivity index (χ2v) is 6.08. The molecule has 1 aliphatic carbocycles. The number of hydrogen-bond acceptors (Lipinski definition) is 4. The van der Waals surface area contributed by atoms with E-state index in [1.165, 1.54) is 0 Å². The highest BCUT2D eigenvalue weighted by Crippen LogP contribution is 2.39. The number of methoxy groups -OCH3 is 1. The first-order chi connectivity index (χ1) is 10.0. The lowest BCUT2D eigenvalue weighted by Gasteiger charge is -2.21. The molecule has 1 saturated carbocycles. The molecule has 0 aromatic heterocycles. The van der Waals surface area contributed by atoms with Crippen LogP contribution >= 0.6 is 15.9 Å². The molecule has 0 bridgehead atoms. The average molecular weight is 358 g/mol. The van der Waals surface area contributed by atoms with E-state index in [9.17, 15) is 4.79 Å². The van der Waals surface area contributed by atoms with Crippen molar-refractivity contribution in [2.45, 2.75) is 44.2 Å². The van der Waals surface area contributed by atoms with E-state index in [2.05, 4.69) is 15.9 Å². The van der Waals surface area contributed by atoms with Gasteiger partial charge in [0.1, 0.15) is 6.04 Å². The summed E-state index contributed by atoms with van der Waals surface area (Å²) >= 11 is 3.45. The van der Waals surface area contributed by atoms with Gasteiger partial charge in [-0.05, 0) is 37.8 Å². The maximum absolute atomic E-state index is 11.0. The molecule has 0 saturated heterocycles. The zero-order valence-electron chi connectivity index (χ0n) is 12.0. The summed E-state index contributed by atoms with van der Waals surface area (Å²) in [7, 11) is 1.58. The highest BCUT2D eigenvalue weighted by atomic mass is 79.9. The summed E-state index contributed by atoms with van der Waals surface area (Å²) < 4.78 is 12.2. The first kappa shape index (κ1) is 16.1. The van der Waals surface area contributed by atoms with Crippen molar-refractivity contribution in [1.29, 1.82) is 0 Å². The molecule has 116 valence electrons. The summed E-state index contributed by atoms with van der Waals surface area (Å²) in [5.41, 5.74) is 6.42. The number of hydrogen-bond donors (Lipinski definition) is 2. The quantitative estimate of drug-likeness (QED) is 0.817. The molecular weight excluding hydrogens is 338 g/mol. The molecule has 1 aromatic rings. The lowest BCUT2D eigenvalue weighted by Crippen LogP contribution is -2.32. The van der Waals surface area contributed by atoms with Crippen molar-refractivity contribution >= 4 is 21.9 Å². The Morgan fingerprint density at radius 2 is 2.14 bits per heavy atom. The van der Waals surface area contributed by atoms with Gasteiger partial charge in [-0.25, -0.2) is 0 Å². The van der Waals surface area contributed by atoms with Gasteiger partial charge in [0.25, 0.3) is 0 Å². The third-order valence-corrected chi connectivity index (χ3v) is 4.46. The second kappa shape index (κ2) is 7.13. The minimum Gasteiger partial charge on any atom is -0.493 e. The Morgan fingerprint density at radius 1 is 1.48 bits per heavy atom. The maximum Gasteiger partial charge on any atom is 0.320 e. The molecule has 1 unspecified atom stereocenters. The van der Waals surface area contributed by atoms with Gasteiger partial charge in [-0.1, -0.05) is 15.9 Å². The molecule has 0 aliphatic heterocycles. The van der Waals surface area contributed by atoms with E-state index in [0.717, 1.165) is 35.7 Å². The van der Waals surface area contributed by atoms with Crippen LogP contribution in [0.3, 0.4) is 0 Å². The number of nitrogens with two attached hydrogens (primary N) is 1. The first-order valence-electron chi connectivity index (χ1n) is 7.03. The molecule has 1 aliphatic rings. The molecule has 21 heavy (non-hydrogen) atoms. The van der Waals surface area contributed by atoms with E-state index in [1.54, 1.807) is 7.11 Å². The Hall–Kier alpha value is -1.27. The number of halogens is 1. The van der Waals surface area contributed by atoms with Crippen LogP contribution in [0, 0.1) is 0 Å². The predicted octanol–water partition coefficient (Wildman–Crippen LogP) is 2.73. The van der Waals surface area contributed by atoms with Gasteiger partial charge >= 0.3 is 5.97 Å². The smallest absolute Gasteiger partial charge is 0.320 e. The van der Waals surface area contributed by atoms with Crippen molar-refractivity contribution in [3.05, 3.63) is 22.2 Å². The van der Waals surface area contributed by atoms with Gasteiger partial charge in [0.2, 0.25) is 0 Å². The molecule has 6 heteroatoms. The molecule has 1 fully saturated rings. The molecular formula is C15H20BrNO4. The normalized spacial score (nSPS) is 16.7. The molecule has 2 rings (SSSR count). The highest BCUT2D eigenvalue weighted by molar-refractivity contribution is 9.10. The maximum atomic E-state index is 11.0. The monoisotopic (exact) mass is 357 g/mol. The Morgan fingerprint density at radius 3 is 2.71 bits per heavy atom.